The maximum Gasteiger partial charge on any atom is 0.245 e. The Morgan fingerprint density at radius 1 is 0.826 bits per heavy atom. The van der Waals surface area contributed by atoms with Crippen LogP contribution in [0.5, 0.6) is 0 Å². The van der Waals surface area contributed by atoms with Crippen LogP contribution in [0.4, 0.5) is 8.78 Å². The maximum atomic E-state index is 12.6. The number of rotatable bonds is 0. The van der Waals surface area contributed by atoms with Crippen molar-refractivity contribution >= 4 is 22.1 Å². The third-order valence-corrected chi connectivity index (χ3v) is 2.99. The van der Waals surface area contributed by atoms with Crippen LogP contribution in [0.15, 0.2) is 61.2 Å². The second-order valence-corrected chi connectivity index (χ2v) is 4.59. The summed E-state index contributed by atoms with van der Waals surface area (Å²) in [5, 5.41) is 11.0. The zero-order chi connectivity index (χ0) is 16.2. The van der Waals surface area contributed by atoms with Crippen molar-refractivity contribution in [2.45, 2.75) is 0 Å². The first-order valence-corrected chi connectivity index (χ1v) is 6.63. The number of aromatic nitrogens is 4. The highest BCUT2D eigenvalue weighted by Crippen LogP contribution is 2.08. The lowest BCUT2D eigenvalue weighted by Crippen LogP contribution is -2.26. The van der Waals surface area contributed by atoms with Gasteiger partial charge in [0.05, 0.1) is 29.5 Å². The molecule has 0 fully saturated rings. The lowest BCUT2D eigenvalue weighted by Gasteiger charge is -1.98. The Kier molecular flexibility index (Phi) is 4.01. The van der Waals surface area contributed by atoms with E-state index in [0.29, 0.717) is 21.3 Å². The summed E-state index contributed by atoms with van der Waals surface area (Å²) in [7, 11) is 0. The summed E-state index contributed by atoms with van der Waals surface area (Å²) in [6, 6.07) is 9.32. The fourth-order valence-electron chi connectivity index (χ4n) is 1.97. The molecule has 0 radical (unpaired) electrons. The van der Waals surface area contributed by atoms with Crippen molar-refractivity contribution in [1.29, 1.82) is 0 Å². The minimum atomic E-state index is -0.502. The van der Waals surface area contributed by atoms with Crippen molar-refractivity contribution in [2.24, 2.45) is 0 Å². The molecule has 0 aliphatic heterocycles. The van der Waals surface area contributed by atoms with Gasteiger partial charge < -0.3 is 5.21 Å². The monoisotopic (exact) mass is 312 g/mol. The molecule has 114 valence electrons. The van der Waals surface area contributed by atoms with Crippen LogP contribution < -0.4 is 4.73 Å². The van der Waals surface area contributed by atoms with E-state index in [2.05, 4.69) is 15.0 Å². The van der Waals surface area contributed by atoms with Crippen molar-refractivity contribution in [3.63, 3.8) is 0 Å². The first-order chi connectivity index (χ1) is 11.1. The van der Waals surface area contributed by atoms with Gasteiger partial charge in [-0.25, -0.2) is 13.8 Å². The zero-order valence-corrected chi connectivity index (χ0v) is 11.7. The highest BCUT2D eigenvalue weighted by molar-refractivity contribution is 5.73. The lowest BCUT2D eigenvalue weighted by atomic mass is 10.3. The van der Waals surface area contributed by atoms with Crippen molar-refractivity contribution in [3.05, 3.63) is 78.0 Å². The van der Waals surface area contributed by atoms with Crippen LogP contribution in [0.2, 0.25) is 0 Å². The van der Waals surface area contributed by atoms with Crippen LogP contribution in [0, 0.1) is 16.8 Å². The van der Waals surface area contributed by atoms with Gasteiger partial charge in [0.25, 0.3) is 0 Å². The lowest BCUT2D eigenvalue weighted by molar-refractivity contribution is -0.577. The molecule has 4 aromatic rings. The van der Waals surface area contributed by atoms with Gasteiger partial charge in [-0.3, -0.25) is 9.97 Å². The number of nitrogens with zero attached hydrogens (tertiary/aromatic N) is 4. The molecule has 0 spiro atoms. The Hall–Kier alpha value is -3.22. The van der Waals surface area contributed by atoms with Crippen LogP contribution in [0.25, 0.3) is 22.1 Å². The van der Waals surface area contributed by atoms with Gasteiger partial charge in [0.15, 0.2) is 6.20 Å². The highest BCUT2D eigenvalue weighted by atomic mass is 19.1. The molecular weight excluding hydrogens is 302 g/mol. The SMILES string of the molecule is Fc1cnc2cccnc2c1.[O-][n+]1cccc2ncc(F)cc21. The summed E-state index contributed by atoms with van der Waals surface area (Å²) < 4.78 is 25.7. The van der Waals surface area contributed by atoms with E-state index in [1.54, 1.807) is 30.5 Å². The molecule has 0 saturated heterocycles. The first kappa shape index (κ1) is 14.7. The molecule has 0 atom stereocenters. The van der Waals surface area contributed by atoms with Crippen LogP contribution in [-0.4, -0.2) is 15.0 Å². The van der Waals surface area contributed by atoms with Crippen molar-refractivity contribution in [3.8, 4) is 0 Å². The average molecular weight is 312 g/mol. The molecule has 7 heteroatoms. The summed E-state index contributed by atoms with van der Waals surface area (Å²) in [4.78, 5) is 11.5. The topological polar surface area (TPSA) is 65.6 Å². The average Bonchev–Trinajstić information content (AvgIpc) is 2.56. The number of pyridine rings is 4. The fraction of sp³-hybridized carbons (Fsp3) is 0. The van der Waals surface area contributed by atoms with E-state index in [4.69, 9.17) is 0 Å². The molecule has 0 unspecified atom stereocenters. The molecule has 4 rings (SSSR count). The molecular formula is C16H10F2N4O. The van der Waals surface area contributed by atoms with Crippen molar-refractivity contribution < 1.29 is 13.5 Å². The molecule has 0 amide bonds. The first-order valence-electron chi connectivity index (χ1n) is 6.63. The van der Waals surface area contributed by atoms with E-state index in [-0.39, 0.29) is 11.3 Å². The van der Waals surface area contributed by atoms with Gasteiger partial charge in [-0.2, -0.15) is 4.73 Å². The molecule has 0 aliphatic carbocycles. The molecule has 5 nitrogen and oxygen atoms in total. The third-order valence-electron chi connectivity index (χ3n) is 2.99. The molecule has 4 heterocycles. The Morgan fingerprint density at radius 2 is 1.52 bits per heavy atom. The Bertz CT molecular complexity index is 978. The predicted molar refractivity (Wildman–Crippen MR) is 80.2 cm³/mol. The van der Waals surface area contributed by atoms with Crippen LogP contribution in [0.1, 0.15) is 0 Å². The van der Waals surface area contributed by atoms with Gasteiger partial charge in [0.1, 0.15) is 17.2 Å². The quantitative estimate of drug-likeness (QED) is 0.370. The van der Waals surface area contributed by atoms with Gasteiger partial charge in [-0.15, -0.1) is 0 Å². The largest absolute Gasteiger partial charge is 0.618 e. The minimum Gasteiger partial charge on any atom is -0.618 e. The Labute approximate surface area is 129 Å². The molecule has 4 aromatic heterocycles. The number of halogens is 2. The van der Waals surface area contributed by atoms with E-state index in [1.165, 1.54) is 18.5 Å². The zero-order valence-electron chi connectivity index (χ0n) is 11.7. The summed E-state index contributed by atoms with van der Waals surface area (Å²) in [5.74, 6) is -0.852. The van der Waals surface area contributed by atoms with E-state index in [0.717, 1.165) is 12.3 Å². The molecule has 0 N–H and O–H groups in total. The van der Waals surface area contributed by atoms with Gasteiger partial charge in [-0.1, -0.05) is 0 Å². The van der Waals surface area contributed by atoms with Crippen molar-refractivity contribution in [1.82, 2.24) is 15.0 Å². The second-order valence-electron chi connectivity index (χ2n) is 4.59. The summed E-state index contributed by atoms with van der Waals surface area (Å²) in [6.07, 6.45) is 5.19. The molecule has 0 bridgehead atoms. The normalized spacial score (nSPS) is 10.3. The number of hydrogen-bond donors (Lipinski definition) is 0. The van der Waals surface area contributed by atoms with Crippen LogP contribution in [-0.2, 0) is 0 Å². The van der Waals surface area contributed by atoms with E-state index < -0.39 is 5.82 Å². The highest BCUT2D eigenvalue weighted by Gasteiger charge is 2.04. The third kappa shape index (κ3) is 3.34. The summed E-state index contributed by atoms with van der Waals surface area (Å²) >= 11 is 0. The van der Waals surface area contributed by atoms with Gasteiger partial charge in [0, 0.05) is 18.3 Å². The number of fused-ring (bicyclic) bond motifs is 2. The van der Waals surface area contributed by atoms with Crippen molar-refractivity contribution in [2.75, 3.05) is 0 Å². The molecule has 0 aliphatic rings. The number of hydrogen-bond acceptors (Lipinski definition) is 4. The maximum absolute atomic E-state index is 12.6. The van der Waals surface area contributed by atoms with Crippen LogP contribution in [0.3, 0.4) is 0 Å². The van der Waals surface area contributed by atoms with Gasteiger partial charge in [-0.05, 0) is 18.2 Å². The fourth-order valence-corrected chi connectivity index (χ4v) is 1.97. The predicted octanol–water partition coefficient (Wildman–Crippen LogP) is 2.78. The molecule has 0 aromatic carbocycles. The Morgan fingerprint density at radius 3 is 2.35 bits per heavy atom. The minimum absolute atomic E-state index is 0.248. The summed E-state index contributed by atoms with van der Waals surface area (Å²) in [6.45, 7) is 0. The second kappa shape index (κ2) is 6.27. The van der Waals surface area contributed by atoms with Gasteiger partial charge >= 0.3 is 0 Å². The molecule has 0 saturated carbocycles. The standard InChI is InChI=1S/C8H5FN2O.C8H5FN2/c9-6-4-8-7(10-5-6)2-1-3-11(8)12;9-6-4-8-7(11-5-6)2-1-3-10-8/h1-5H;1-5H. The molecule has 23 heavy (non-hydrogen) atoms. The van der Waals surface area contributed by atoms with Gasteiger partial charge in [0.2, 0.25) is 5.52 Å². The van der Waals surface area contributed by atoms with E-state index in [9.17, 15) is 14.0 Å². The Balaban J connectivity index is 0.000000136. The smallest absolute Gasteiger partial charge is 0.245 e. The van der Waals surface area contributed by atoms with E-state index >= 15 is 0 Å². The summed E-state index contributed by atoms with van der Waals surface area (Å²) in [5.41, 5.74) is 2.05. The van der Waals surface area contributed by atoms with Crippen LogP contribution >= 0.6 is 0 Å². The van der Waals surface area contributed by atoms with E-state index in [1.807, 2.05) is 0 Å².